The Balaban J connectivity index is 2.26. The van der Waals surface area contributed by atoms with Crippen molar-refractivity contribution in [1.29, 1.82) is 5.26 Å². The quantitative estimate of drug-likeness (QED) is 0.739. The fourth-order valence-electron chi connectivity index (χ4n) is 2.58. The van der Waals surface area contributed by atoms with Crippen LogP contribution in [0.3, 0.4) is 0 Å². The Morgan fingerprint density at radius 3 is 2.57 bits per heavy atom. The average Bonchev–Trinajstić information content (AvgIpc) is 2.85. The standard InChI is InChI=1S/C16H17F3N2O2/c1-16(2,3)23-15(22)21-8-9(4-11(21)7-20)12-5-10(17)6-13(18)14(12)19/h5-6,9,11H,4,8H2,1-3H3. The van der Waals surface area contributed by atoms with Gasteiger partial charge in [-0.3, -0.25) is 4.90 Å². The van der Waals surface area contributed by atoms with E-state index in [-0.39, 0.29) is 18.5 Å². The Kier molecular flexibility index (Phi) is 4.55. The highest BCUT2D eigenvalue weighted by atomic mass is 19.2. The number of hydrogen-bond acceptors (Lipinski definition) is 3. The van der Waals surface area contributed by atoms with Crippen LogP contribution in [0.5, 0.6) is 0 Å². The number of rotatable bonds is 1. The molecule has 2 atom stereocenters. The fraction of sp³-hybridized carbons (Fsp3) is 0.500. The second-order valence-electron chi connectivity index (χ2n) is 6.50. The predicted octanol–water partition coefficient (Wildman–Crippen LogP) is 3.72. The summed E-state index contributed by atoms with van der Waals surface area (Å²) in [5, 5.41) is 9.19. The maximum absolute atomic E-state index is 13.9. The summed E-state index contributed by atoms with van der Waals surface area (Å²) in [6.07, 6.45) is -0.612. The van der Waals surface area contributed by atoms with Gasteiger partial charge in [0.05, 0.1) is 6.07 Å². The first-order valence-corrected chi connectivity index (χ1v) is 7.16. The van der Waals surface area contributed by atoms with Crippen LogP contribution in [0.15, 0.2) is 12.1 Å². The van der Waals surface area contributed by atoms with Crippen molar-refractivity contribution in [3.63, 3.8) is 0 Å². The molecule has 1 fully saturated rings. The summed E-state index contributed by atoms with van der Waals surface area (Å²) >= 11 is 0. The van der Waals surface area contributed by atoms with Crippen LogP contribution in [-0.2, 0) is 4.74 Å². The molecule has 0 N–H and O–H groups in total. The minimum atomic E-state index is -1.29. The summed E-state index contributed by atoms with van der Waals surface area (Å²) in [6.45, 7) is 5.01. The highest BCUT2D eigenvalue weighted by molar-refractivity contribution is 5.69. The molecule has 1 amide bonds. The number of nitrogens with zero attached hydrogens (tertiary/aromatic N) is 2. The smallest absolute Gasteiger partial charge is 0.411 e. The predicted molar refractivity (Wildman–Crippen MR) is 76.0 cm³/mol. The third-order valence-electron chi connectivity index (χ3n) is 3.54. The summed E-state index contributed by atoms with van der Waals surface area (Å²) < 4.78 is 45.8. The van der Waals surface area contributed by atoms with E-state index in [0.29, 0.717) is 6.07 Å². The molecule has 2 rings (SSSR count). The van der Waals surface area contributed by atoms with E-state index in [4.69, 9.17) is 4.74 Å². The van der Waals surface area contributed by atoms with Crippen molar-refractivity contribution in [2.45, 2.75) is 44.8 Å². The van der Waals surface area contributed by atoms with E-state index in [9.17, 15) is 23.2 Å². The first kappa shape index (κ1) is 17.1. The van der Waals surface area contributed by atoms with Crippen LogP contribution in [0.25, 0.3) is 0 Å². The van der Waals surface area contributed by atoms with Crippen molar-refractivity contribution >= 4 is 6.09 Å². The summed E-state index contributed by atoms with van der Waals surface area (Å²) in [5.74, 6) is -4.01. The maximum atomic E-state index is 13.9. The third-order valence-corrected chi connectivity index (χ3v) is 3.54. The van der Waals surface area contributed by atoms with Crippen molar-refractivity contribution < 1.29 is 22.7 Å². The molecule has 1 heterocycles. The molecule has 1 saturated heterocycles. The van der Waals surface area contributed by atoms with E-state index >= 15 is 0 Å². The zero-order chi connectivity index (χ0) is 17.4. The van der Waals surface area contributed by atoms with E-state index in [1.807, 2.05) is 6.07 Å². The van der Waals surface area contributed by atoms with Gasteiger partial charge in [0.15, 0.2) is 11.6 Å². The van der Waals surface area contributed by atoms with Gasteiger partial charge in [-0.25, -0.2) is 18.0 Å². The van der Waals surface area contributed by atoms with E-state index in [2.05, 4.69) is 0 Å². The van der Waals surface area contributed by atoms with Gasteiger partial charge in [-0.05, 0) is 38.8 Å². The Labute approximate surface area is 132 Å². The van der Waals surface area contributed by atoms with Gasteiger partial charge in [0.2, 0.25) is 0 Å². The van der Waals surface area contributed by atoms with Gasteiger partial charge in [0, 0.05) is 18.5 Å². The van der Waals surface area contributed by atoms with Gasteiger partial charge < -0.3 is 4.74 Å². The number of ether oxygens (including phenoxy) is 1. The van der Waals surface area contributed by atoms with Crippen LogP contribution in [0, 0.1) is 28.8 Å². The van der Waals surface area contributed by atoms with Crippen molar-refractivity contribution in [3.05, 3.63) is 35.1 Å². The summed E-state index contributed by atoms with van der Waals surface area (Å²) in [6, 6.07) is 2.47. The third kappa shape index (κ3) is 3.76. The van der Waals surface area contributed by atoms with Crippen LogP contribution in [0.4, 0.5) is 18.0 Å². The monoisotopic (exact) mass is 326 g/mol. The zero-order valence-corrected chi connectivity index (χ0v) is 13.1. The molecule has 124 valence electrons. The minimum absolute atomic E-state index is 0.0348. The van der Waals surface area contributed by atoms with E-state index < -0.39 is 41.1 Å². The van der Waals surface area contributed by atoms with E-state index in [0.717, 1.165) is 11.0 Å². The van der Waals surface area contributed by atoms with Crippen molar-refractivity contribution in [2.75, 3.05) is 6.54 Å². The fourth-order valence-corrected chi connectivity index (χ4v) is 2.58. The van der Waals surface area contributed by atoms with Crippen molar-refractivity contribution in [3.8, 4) is 6.07 Å². The molecule has 1 aromatic carbocycles. The molecule has 0 bridgehead atoms. The lowest BCUT2D eigenvalue weighted by molar-refractivity contribution is 0.0257. The number of carbonyl (C=O) groups is 1. The molecule has 4 nitrogen and oxygen atoms in total. The molecule has 23 heavy (non-hydrogen) atoms. The second-order valence-corrected chi connectivity index (χ2v) is 6.50. The molecule has 0 spiro atoms. The first-order chi connectivity index (χ1) is 10.6. The molecular formula is C16H17F3N2O2. The van der Waals surface area contributed by atoms with Gasteiger partial charge in [0.1, 0.15) is 17.5 Å². The van der Waals surface area contributed by atoms with Crippen molar-refractivity contribution in [2.24, 2.45) is 0 Å². The largest absolute Gasteiger partial charge is 0.444 e. The van der Waals surface area contributed by atoms with Crippen LogP contribution in [0.1, 0.15) is 38.7 Å². The van der Waals surface area contributed by atoms with Gasteiger partial charge >= 0.3 is 6.09 Å². The Morgan fingerprint density at radius 1 is 1.35 bits per heavy atom. The Morgan fingerprint density at radius 2 is 2.00 bits per heavy atom. The summed E-state index contributed by atoms with van der Waals surface area (Å²) in [4.78, 5) is 13.3. The van der Waals surface area contributed by atoms with Gasteiger partial charge in [-0.1, -0.05) is 0 Å². The van der Waals surface area contributed by atoms with E-state index in [1.165, 1.54) is 0 Å². The van der Waals surface area contributed by atoms with Gasteiger partial charge in [0.25, 0.3) is 0 Å². The van der Waals surface area contributed by atoms with Crippen LogP contribution >= 0.6 is 0 Å². The minimum Gasteiger partial charge on any atom is -0.444 e. The normalized spacial score (nSPS) is 21.2. The lowest BCUT2D eigenvalue weighted by atomic mass is 9.96. The molecule has 2 unspecified atom stereocenters. The summed E-state index contributed by atoms with van der Waals surface area (Å²) in [5.41, 5.74) is -0.917. The Hall–Kier alpha value is -2.23. The second kappa shape index (κ2) is 6.11. The number of benzene rings is 1. The van der Waals surface area contributed by atoms with E-state index in [1.54, 1.807) is 20.8 Å². The average molecular weight is 326 g/mol. The number of nitriles is 1. The molecule has 0 radical (unpaired) electrons. The number of likely N-dealkylation sites (tertiary alicyclic amines) is 1. The van der Waals surface area contributed by atoms with Crippen molar-refractivity contribution in [1.82, 2.24) is 4.90 Å². The lowest BCUT2D eigenvalue weighted by Gasteiger charge is -2.26. The number of amides is 1. The molecule has 0 aliphatic carbocycles. The van der Waals surface area contributed by atoms with Crippen LogP contribution < -0.4 is 0 Å². The molecule has 7 heteroatoms. The van der Waals surface area contributed by atoms with Crippen LogP contribution in [-0.4, -0.2) is 29.2 Å². The SMILES string of the molecule is CC(C)(C)OC(=O)N1CC(c2cc(F)cc(F)c2F)CC1C#N. The highest BCUT2D eigenvalue weighted by Crippen LogP contribution is 2.34. The number of carbonyl (C=O) groups excluding carboxylic acids is 1. The number of hydrogen-bond donors (Lipinski definition) is 0. The molecule has 0 saturated carbocycles. The molecular weight excluding hydrogens is 309 g/mol. The number of halogens is 3. The highest BCUT2D eigenvalue weighted by Gasteiger charge is 2.39. The zero-order valence-electron chi connectivity index (χ0n) is 13.1. The molecule has 1 aromatic rings. The van der Waals surface area contributed by atoms with Gasteiger partial charge in [-0.15, -0.1) is 0 Å². The first-order valence-electron chi connectivity index (χ1n) is 7.16. The molecule has 0 aromatic heterocycles. The van der Waals surface area contributed by atoms with Crippen LogP contribution in [0.2, 0.25) is 0 Å². The lowest BCUT2D eigenvalue weighted by Crippen LogP contribution is -2.39. The molecule has 1 aliphatic rings. The summed E-state index contributed by atoms with van der Waals surface area (Å²) in [7, 11) is 0. The maximum Gasteiger partial charge on any atom is 0.411 e. The Bertz CT molecular complexity index is 665. The topological polar surface area (TPSA) is 53.3 Å². The molecule has 1 aliphatic heterocycles. The van der Waals surface area contributed by atoms with Gasteiger partial charge in [-0.2, -0.15) is 5.26 Å².